The second-order valence-electron chi connectivity index (χ2n) is 5.91. The van der Waals surface area contributed by atoms with Crippen molar-refractivity contribution in [3.63, 3.8) is 0 Å². The second kappa shape index (κ2) is 7.13. The minimum absolute atomic E-state index is 0.0940. The van der Waals surface area contributed by atoms with Gasteiger partial charge in [0.25, 0.3) is 0 Å². The maximum atomic E-state index is 12.2. The summed E-state index contributed by atoms with van der Waals surface area (Å²) in [5.74, 6) is 1.22. The van der Waals surface area contributed by atoms with E-state index in [1.807, 2.05) is 36.9 Å². The number of hydrogen-bond acceptors (Lipinski definition) is 3. The highest BCUT2D eigenvalue weighted by atomic mass is 16.5. The van der Waals surface area contributed by atoms with E-state index in [4.69, 9.17) is 9.72 Å². The van der Waals surface area contributed by atoms with Crippen molar-refractivity contribution in [3.8, 4) is 0 Å². The fourth-order valence-electron chi connectivity index (χ4n) is 3.42. The number of likely N-dealkylation sites (tertiary alicyclic amines) is 1. The van der Waals surface area contributed by atoms with E-state index < -0.39 is 0 Å². The Morgan fingerprint density at radius 2 is 2.17 bits per heavy atom. The quantitative estimate of drug-likeness (QED) is 0.769. The van der Waals surface area contributed by atoms with Crippen LogP contribution in [0.3, 0.4) is 0 Å². The Bertz CT molecular complexity index is 680. The number of fused-ring (bicyclic) bond motifs is 1. The molecule has 0 N–H and O–H groups in total. The number of imidazole rings is 1. The van der Waals surface area contributed by atoms with E-state index in [-0.39, 0.29) is 11.9 Å². The van der Waals surface area contributed by atoms with E-state index in [1.165, 1.54) is 0 Å². The van der Waals surface area contributed by atoms with Gasteiger partial charge >= 0.3 is 0 Å². The maximum Gasteiger partial charge on any atom is 0.222 e. The molecule has 1 atom stereocenters. The van der Waals surface area contributed by atoms with Crippen molar-refractivity contribution in [2.75, 3.05) is 19.8 Å². The first-order chi connectivity index (χ1) is 11.3. The lowest BCUT2D eigenvalue weighted by atomic mass is 10.2. The summed E-state index contributed by atoms with van der Waals surface area (Å²) in [5, 5.41) is 0. The monoisotopic (exact) mass is 315 g/mol. The first kappa shape index (κ1) is 16.0. The van der Waals surface area contributed by atoms with Gasteiger partial charge < -0.3 is 14.2 Å². The zero-order chi connectivity index (χ0) is 16.2. The average Bonchev–Trinajstić information content (AvgIpc) is 3.19. The number of aromatic nitrogens is 2. The molecule has 0 radical (unpaired) electrons. The molecule has 124 valence electrons. The van der Waals surface area contributed by atoms with Gasteiger partial charge in [-0.3, -0.25) is 4.79 Å². The molecular weight excluding hydrogens is 290 g/mol. The van der Waals surface area contributed by atoms with Crippen LogP contribution in [0.4, 0.5) is 0 Å². The van der Waals surface area contributed by atoms with Crippen LogP contribution in [-0.4, -0.2) is 40.1 Å². The summed E-state index contributed by atoms with van der Waals surface area (Å²) in [4.78, 5) is 19.1. The van der Waals surface area contributed by atoms with Crippen LogP contribution in [0.15, 0.2) is 24.3 Å². The molecule has 3 rings (SSSR count). The second-order valence-corrected chi connectivity index (χ2v) is 5.91. The van der Waals surface area contributed by atoms with E-state index >= 15 is 0 Å². The lowest BCUT2D eigenvalue weighted by Gasteiger charge is -2.24. The van der Waals surface area contributed by atoms with Gasteiger partial charge in [-0.1, -0.05) is 19.1 Å². The Morgan fingerprint density at radius 1 is 1.35 bits per heavy atom. The highest BCUT2D eigenvalue weighted by Gasteiger charge is 2.32. The van der Waals surface area contributed by atoms with Crippen LogP contribution < -0.4 is 0 Å². The normalized spacial score (nSPS) is 18.0. The third kappa shape index (κ3) is 3.11. The van der Waals surface area contributed by atoms with E-state index in [0.717, 1.165) is 42.8 Å². The smallest absolute Gasteiger partial charge is 0.222 e. The fourth-order valence-corrected chi connectivity index (χ4v) is 3.42. The van der Waals surface area contributed by atoms with Crippen LogP contribution >= 0.6 is 0 Å². The fraction of sp³-hybridized carbons (Fsp3) is 0.556. The number of para-hydroxylation sites is 2. The van der Waals surface area contributed by atoms with Gasteiger partial charge in [0.05, 0.1) is 23.7 Å². The van der Waals surface area contributed by atoms with Crippen molar-refractivity contribution in [2.45, 2.75) is 45.7 Å². The molecule has 5 nitrogen and oxygen atoms in total. The Balaban J connectivity index is 1.98. The lowest BCUT2D eigenvalue weighted by molar-refractivity contribution is -0.131. The van der Waals surface area contributed by atoms with Gasteiger partial charge in [-0.05, 0) is 31.9 Å². The van der Waals surface area contributed by atoms with Crippen molar-refractivity contribution in [3.05, 3.63) is 30.1 Å². The molecule has 5 heteroatoms. The molecule has 0 aliphatic carbocycles. The molecule has 1 aliphatic heterocycles. The summed E-state index contributed by atoms with van der Waals surface area (Å²) < 4.78 is 7.77. The van der Waals surface area contributed by atoms with E-state index in [0.29, 0.717) is 19.6 Å². The summed E-state index contributed by atoms with van der Waals surface area (Å²) in [5.41, 5.74) is 2.12. The van der Waals surface area contributed by atoms with Crippen molar-refractivity contribution in [1.29, 1.82) is 0 Å². The number of amides is 1. The number of hydrogen-bond donors (Lipinski definition) is 0. The first-order valence-electron chi connectivity index (χ1n) is 8.58. The van der Waals surface area contributed by atoms with E-state index in [2.05, 4.69) is 10.6 Å². The largest absolute Gasteiger partial charge is 0.380 e. The number of benzene rings is 1. The van der Waals surface area contributed by atoms with Gasteiger partial charge in [-0.2, -0.15) is 0 Å². The molecule has 1 saturated heterocycles. The predicted octanol–water partition coefficient (Wildman–Crippen LogP) is 3.15. The third-order valence-electron chi connectivity index (χ3n) is 4.52. The molecule has 0 saturated carbocycles. The molecule has 1 aliphatic rings. The lowest BCUT2D eigenvalue weighted by Crippen LogP contribution is -2.31. The zero-order valence-corrected chi connectivity index (χ0v) is 14.0. The number of carbonyl (C=O) groups excluding carboxylic acids is 1. The SMILES string of the molecule is CCOCCn1c([C@H]2CCCN2C(=O)CC)nc2ccccc21. The summed E-state index contributed by atoms with van der Waals surface area (Å²) in [6.45, 7) is 6.92. The van der Waals surface area contributed by atoms with Crippen molar-refractivity contribution < 1.29 is 9.53 Å². The number of nitrogens with zero attached hydrogens (tertiary/aromatic N) is 3. The topological polar surface area (TPSA) is 47.4 Å². The number of carbonyl (C=O) groups is 1. The summed E-state index contributed by atoms with van der Waals surface area (Å²) in [7, 11) is 0. The van der Waals surface area contributed by atoms with Gasteiger partial charge in [-0.15, -0.1) is 0 Å². The van der Waals surface area contributed by atoms with Crippen LogP contribution in [0, 0.1) is 0 Å². The van der Waals surface area contributed by atoms with Crippen LogP contribution in [-0.2, 0) is 16.1 Å². The van der Waals surface area contributed by atoms with Crippen LogP contribution in [0.5, 0.6) is 0 Å². The molecule has 23 heavy (non-hydrogen) atoms. The Kier molecular flexibility index (Phi) is 4.96. The van der Waals surface area contributed by atoms with E-state index in [1.54, 1.807) is 0 Å². The average molecular weight is 315 g/mol. The molecule has 1 aromatic carbocycles. The van der Waals surface area contributed by atoms with Crippen molar-refractivity contribution >= 4 is 16.9 Å². The Hall–Kier alpha value is -1.88. The van der Waals surface area contributed by atoms with E-state index in [9.17, 15) is 4.79 Å². The molecule has 1 fully saturated rings. The zero-order valence-electron chi connectivity index (χ0n) is 14.0. The minimum atomic E-state index is 0.0940. The molecule has 0 unspecified atom stereocenters. The predicted molar refractivity (Wildman–Crippen MR) is 90.2 cm³/mol. The van der Waals surface area contributed by atoms with Crippen LogP contribution in [0.25, 0.3) is 11.0 Å². The molecule has 1 amide bonds. The van der Waals surface area contributed by atoms with Crippen molar-refractivity contribution in [2.24, 2.45) is 0 Å². The molecule has 2 heterocycles. The standard InChI is InChI=1S/C18H25N3O2/c1-3-17(22)20-11-7-10-16(20)18-19-14-8-5-6-9-15(14)21(18)12-13-23-4-2/h5-6,8-9,16H,3-4,7,10-13H2,1-2H3/t16-/m1/s1. The highest BCUT2D eigenvalue weighted by molar-refractivity contribution is 5.78. The van der Waals surface area contributed by atoms with Gasteiger partial charge in [0.1, 0.15) is 5.82 Å². The highest BCUT2D eigenvalue weighted by Crippen LogP contribution is 2.33. The summed E-state index contributed by atoms with van der Waals surface area (Å²) >= 11 is 0. The Morgan fingerprint density at radius 3 is 2.96 bits per heavy atom. The van der Waals surface area contributed by atoms with Crippen LogP contribution in [0.2, 0.25) is 0 Å². The van der Waals surface area contributed by atoms with Gasteiger partial charge in [-0.25, -0.2) is 4.98 Å². The number of ether oxygens (including phenoxy) is 1. The minimum Gasteiger partial charge on any atom is -0.380 e. The molecule has 0 spiro atoms. The van der Waals surface area contributed by atoms with Crippen molar-refractivity contribution in [1.82, 2.24) is 14.5 Å². The third-order valence-corrected chi connectivity index (χ3v) is 4.52. The van der Waals surface area contributed by atoms with Crippen LogP contribution in [0.1, 0.15) is 45.0 Å². The summed E-state index contributed by atoms with van der Waals surface area (Å²) in [6.07, 6.45) is 2.59. The molecule has 0 bridgehead atoms. The number of rotatable bonds is 6. The Labute approximate surface area is 137 Å². The van der Waals surface area contributed by atoms with Gasteiger partial charge in [0.2, 0.25) is 5.91 Å². The van der Waals surface area contributed by atoms with Gasteiger partial charge in [0.15, 0.2) is 0 Å². The first-order valence-corrected chi connectivity index (χ1v) is 8.58. The molecule has 1 aromatic heterocycles. The molecule has 2 aromatic rings. The maximum absolute atomic E-state index is 12.2. The summed E-state index contributed by atoms with van der Waals surface area (Å²) in [6, 6.07) is 8.27. The van der Waals surface area contributed by atoms with Gasteiger partial charge in [0, 0.05) is 26.1 Å². The molecular formula is C18H25N3O2.